The van der Waals surface area contributed by atoms with Crippen LogP contribution in [0.1, 0.15) is 22.9 Å². The van der Waals surface area contributed by atoms with Gasteiger partial charge in [0.2, 0.25) is 0 Å². The zero-order chi connectivity index (χ0) is 35.3. The number of aromatic nitrogens is 2. The van der Waals surface area contributed by atoms with Gasteiger partial charge in [0.25, 0.3) is 0 Å². The Bertz CT molecular complexity index is 3210. The fourth-order valence-corrected chi connectivity index (χ4v) is 9.41. The fourth-order valence-electron chi connectivity index (χ4n) is 9.41. The predicted molar refractivity (Wildman–Crippen MR) is 226 cm³/mol. The van der Waals surface area contributed by atoms with Crippen molar-refractivity contribution in [2.24, 2.45) is 4.99 Å². The summed E-state index contributed by atoms with van der Waals surface area (Å²) in [6.45, 7) is 0. The third kappa shape index (κ3) is 4.22. The molecule has 0 fully saturated rings. The van der Waals surface area contributed by atoms with E-state index in [0.717, 1.165) is 41.1 Å². The lowest BCUT2D eigenvalue weighted by Gasteiger charge is -2.29. The second kappa shape index (κ2) is 11.3. The van der Waals surface area contributed by atoms with Gasteiger partial charge in [-0.2, -0.15) is 0 Å². The van der Waals surface area contributed by atoms with E-state index in [2.05, 4.69) is 184 Å². The largest absolute Gasteiger partial charge is 0.370 e. The Labute approximate surface area is 312 Å². The summed E-state index contributed by atoms with van der Waals surface area (Å²) < 4.78 is 4.94. The maximum absolute atomic E-state index is 5.46. The standard InChI is InChI=1S/C50H34N4/c1-2-14-34-29-35(22-21-31(34)11-1)49-50(52-42-19-9-8-18-41(42)51-49)54-43-20-10-7-17-39(43)40-30-36(25-28-44(40)54)53-45-26-23-32-12-3-5-15-37(32)47(45)48-38-16-6-4-13-33(38)24-27-46(48)53/h1-23,25-26,28-30,49,51H,24,27H2. The van der Waals surface area contributed by atoms with E-state index in [1.807, 2.05) is 0 Å². The average molecular weight is 691 g/mol. The molecule has 1 aliphatic carbocycles. The number of fused-ring (bicyclic) bond motifs is 12. The van der Waals surface area contributed by atoms with Crippen molar-refractivity contribution in [1.29, 1.82) is 0 Å². The van der Waals surface area contributed by atoms with Crippen LogP contribution in [0.4, 0.5) is 11.4 Å². The molecule has 0 radical (unpaired) electrons. The van der Waals surface area contributed by atoms with Crippen LogP contribution in [-0.4, -0.2) is 15.0 Å². The van der Waals surface area contributed by atoms with E-state index < -0.39 is 0 Å². The quantitative estimate of drug-likeness (QED) is 0.192. The topological polar surface area (TPSA) is 34.2 Å². The highest BCUT2D eigenvalue weighted by Crippen LogP contribution is 2.46. The molecule has 0 saturated carbocycles. The van der Waals surface area contributed by atoms with Gasteiger partial charge in [0, 0.05) is 33.1 Å². The molecular weight excluding hydrogens is 657 g/mol. The molecule has 2 aliphatic rings. The molecule has 2 aromatic heterocycles. The smallest absolute Gasteiger partial charge is 0.141 e. The van der Waals surface area contributed by atoms with Gasteiger partial charge in [-0.15, -0.1) is 0 Å². The Kier molecular flexibility index (Phi) is 6.20. The normalized spacial score (nSPS) is 15.0. The fraction of sp³-hybridized carbons (Fsp3) is 0.0600. The van der Waals surface area contributed by atoms with Crippen LogP contribution >= 0.6 is 0 Å². The van der Waals surface area contributed by atoms with Crippen molar-refractivity contribution in [2.45, 2.75) is 18.9 Å². The van der Waals surface area contributed by atoms with E-state index in [9.17, 15) is 0 Å². The van der Waals surface area contributed by atoms with E-state index in [0.29, 0.717) is 0 Å². The summed E-state index contributed by atoms with van der Waals surface area (Å²) in [6, 6.07) is 61.9. The number of nitrogens with zero attached hydrogens (tertiary/aromatic N) is 3. The minimum atomic E-state index is -0.156. The Hall–Kier alpha value is -6.91. The predicted octanol–water partition coefficient (Wildman–Crippen LogP) is 12.6. The Morgan fingerprint density at radius 1 is 0.519 bits per heavy atom. The molecule has 254 valence electrons. The summed E-state index contributed by atoms with van der Waals surface area (Å²) in [5.74, 6) is 0.967. The Morgan fingerprint density at radius 3 is 2.19 bits per heavy atom. The molecule has 1 N–H and O–H groups in total. The highest BCUT2D eigenvalue weighted by atomic mass is 15.2. The van der Waals surface area contributed by atoms with Gasteiger partial charge in [-0.05, 0) is 99.6 Å². The van der Waals surface area contributed by atoms with Crippen molar-refractivity contribution in [3.05, 3.63) is 187 Å². The lowest BCUT2D eigenvalue weighted by atomic mass is 9.87. The van der Waals surface area contributed by atoms with Crippen molar-refractivity contribution in [1.82, 2.24) is 9.13 Å². The van der Waals surface area contributed by atoms with Crippen LogP contribution in [-0.2, 0) is 12.8 Å². The molecule has 3 heterocycles. The number of benzene rings is 8. The van der Waals surface area contributed by atoms with Gasteiger partial charge in [-0.25, -0.2) is 4.99 Å². The molecule has 1 atom stereocenters. The van der Waals surface area contributed by atoms with Crippen LogP contribution in [0.25, 0.3) is 71.1 Å². The molecule has 4 nitrogen and oxygen atoms in total. The van der Waals surface area contributed by atoms with Gasteiger partial charge in [-0.3, -0.25) is 4.57 Å². The van der Waals surface area contributed by atoms with Crippen LogP contribution < -0.4 is 5.32 Å². The lowest BCUT2D eigenvalue weighted by Crippen LogP contribution is -2.29. The molecule has 1 unspecified atom stereocenters. The van der Waals surface area contributed by atoms with Gasteiger partial charge in [-0.1, -0.05) is 121 Å². The number of para-hydroxylation sites is 3. The molecule has 0 bridgehead atoms. The van der Waals surface area contributed by atoms with Crippen molar-refractivity contribution in [2.75, 3.05) is 5.32 Å². The van der Waals surface area contributed by atoms with E-state index >= 15 is 0 Å². The number of hydrogen-bond acceptors (Lipinski definition) is 2. The van der Waals surface area contributed by atoms with Gasteiger partial charge >= 0.3 is 0 Å². The lowest BCUT2D eigenvalue weighted by molar-refractivity contribution is 0.866. The zero-order valence-electron chi connectivity index (χ0n) is 29.5. The molecule has 12 rings (SSSR count). The molecule has 0 saturated heterocycles. The first-order valence-electron chi connectivity index (χ1n) is 18.9. The molecule has 10 aromatic rings. The molecule has 0 amide bonds. The van der Waals surface area contributed by atoms with E-state index in [4.69, 9.17) is 4.99 Å². The van der Waals surface area contributed by atoms with Crippen molar-refractivity contribution < 1.29 is 0 Å². The van der Waals surface area contributed by atoms with E-state index in [-0.39, 0.29) is 6.04 Å². The summed E-state index contributed by atoms with van der Waals surface area (Å²) in [5.41, 5.74) is 13.5. The van der Waals surface area contributed by atoms with E-state index in [1.54, 1.807) is 0 Å². The van der Waals surface area contributed by atoms with Crippen molar-refractivity contribution in [3.63, 3.8) is 0 Å². The van der Waals surface area contributed by atoms with E-state index in [1.165, 1.54) is 76.9 Å². The van der Waals surface area contributed by atoms with Gasteiger partial charge in [0.1, 0.15) is 11.9 Å². The summed E-state index contributed by atoms with van der Waals surface area (Å²) in [5, 5.41) is 12.7. The second-order valence-corrected chi connectivity index (χ2v) is 14.7. The molecular formula is C50H34N4. The Balaban J connectivity index is 1.11. The molecule has 1 aliphatic heterocycles. The number of anilines is 1. The zero-order valence-corrected chi connectivity index (χ0v) is 29.5. The first-order chi connectivity index (χ1) is 26.8. The summed E-state index contributed by atoms with van der Waals surface area (Å²) in [6.07, 6.45) is 2.02. The SMILES string of the molecule is c1ccc2c(c1)CCc1c-2c2c3ccccc3ccc2n1-c1ccc2c(c1)c1ccccc1n2C1=Nc2ccccc2NC1c1ccc2ccccc2c1. The number of hydrogen-bond donors (Lipinski definition) is 1. The number of rotatable bonds is 2. The van der Waals surface area contributed by atoms with Gasteiger partial charge in [0.05, 0.1) is 27.9 Å². The third-order valence-electron chi connectivity index (χ3n) is 11.8. The maximum atomic E-state index is 5.46. The average Bonchev–Trinajstić information content (AvgIpc) is 3.76. The highest BCUT2D eigenvalue weighted by Gasteiger charge is 2.30. The van der Waals surface area contributed by atoms with Gasteiger partial charge in [0.15, 0.2) is 0 Å². The highest BCUT2D eigenvalue weighted by molar-refractivity contribution is 6.18. The first-order valence-corrected chi connectivity index (χ1v) is 18.9. The number of aliphatic imine (C=N–C) groups is 1. The molecule has 54 heavy (non-hydrogen) atoms. The monoisotopic (exact) mass is 690 g/mol. The number of aryl methyl sites for hydroxylation is 1. The molecule has 0 spiro atoms. The summed E-state index contributed by atoms with van der Waals surface area (Å²) in [4.78, 5) is 5.46. The molecule has 4 heteroatoms. The van der Waals surface area contributed by atoms with Crippen LogP contribution in [0.15, 0.2) is 175 Å². The maximum Gasteiger partial charge on any atom is 0.141 e. The minimum absolute atomic E-state index is 0.156. The third-order valence-corrected chi connectivity index (χ3v) is 11.8. The second-order valence-electron chi connectivity index (χ2n) is 14.7. The minimum Gasteiger partial charge on any atom is -0.370 e. The van der Waals surface area contributed by atoms with Crippen molar-refractivity contribution in [3.8, 4) is 16.8 Å². The van der Waals surface area contributed by atoms with Gasteiger partial charge < -0.3 is 9.88 Å². The van der Waals surface area contributed by atoms with Crippen molar-refractivity contribution >= 4 is 71.5 Å². The summed E-state index contributed by atoms with van der Waals surface area (Å²) >= 11 is 0. The first kappa shape index (κ1) is 29.6. The number of nitrogens with one attached hydrogen (secondary N) is 1. The van der Waals surface area contributed by atoms with Crippen LogP contribution in [0.2, 0.25) is 0 Å². The Morgan fingerprint density at radius 2 is 1.24 bits per heavy atom. The molecule has 8 aromatic carbocycles. The van der Waals surface area contributed by atoms with Crippen LogP contribution in [0.5, 0.6) is 0 Å². The summed E-state index contributed by atoms with van der Waals surface area (Å²) in [7, 11) is 0. The van der Waals surface area contributed by atoms with Crippen LogP contribution in [0, 0.1) is 0 Å². The van der Waals surface area contributed by atoms with Crippen LogP contribution in [0.3, 0.4) is 0 Å².